The molecule has 0 spiro atoms. The van der Waals surface area contributed by atoms with Crippen molar-refractivity contribution >= 4 is 43.0 Å². The van der Waals surface area contributed by atoms with Crippen LogP contribution in [0.5, 0.6) is 5.75 Å². The van der Waals surface area contributed by atoms with Gasteiger partial charge in [0.1, 0.15) is 48.0 Å². The minimum atomic E-state index is -4.73. The molecule has 2 aromatic heterocycles. The number of fused-ring (bicyclic) bond motifs is 1. The van der Waals surface area contributed by atoms with Crippen LogP contribution >= 0.6 is 7.75 Å². The number of carbonyl (C=O) groups is 4. The average molecular weight is 811 g/mol. The molecule has 0 radical (unpaired) electrons. The number of anilines is 1. The molecule has 2 aliphatic carbocycles. The number of carbonyl (C=O) groups excluding carboxylic acids is 4. The Morgan fingerprint density at radius 3 is 2.21 bits per heavy atom. The fourth-order valence-electron chi connectivity index (χ4n) is 6.21. The normalized spacial score (nSPS) is 23.8. The van der Waals surface area contributed by atoms with Crippen LogP contribution in [0.1, 0.15) is 78.3 Å². The van der Waals surface area contributed by atoms with Crippen LogP contribution in [0.2, 0.25) is 0 Å². The van der Waals surface area contributed by atoms with E-state index < -0.39 is 86.4 Å². The monoisotopic (exact) mass is 810 g/mol. The van der Waals surface area contributed by atoms with Crippen LogP contribution in [0.15, 0.2) is 48.8 Å². The number of nitrogens with one attached hydrogen (secondary N) is 1. The van der Waals surface area contributed by atoms with Gasteiger partial charge in [-0.3, -0.25) is 23.7 Å². The molecular formula is C38H47N6O12P. The van der Waals surface area contributed by atoms with Crippen LogP contribution in [0.3, 0.4) is 0 Å². The Labute approximate surface area is 329 Å². The topological polar surface area (TPSA) is 242 Å². The first-order valence-corrected chi connectivity index (χ1v) is 20.5. The van der Waals surface area contributed by atoms with E-state index >= 15 is 0 Å². The number of para-hydroxylation sites is 1. The predicted octanol–water partition coefficient (Wildman–Crippen LogP) is 4.31. The van der Waals surface area contributed by atoms with Crippen molar-refractivity contribution in [3.63, 3.8) is 0 Å². The second-order valence-corrected chi connectivity index (χ2v) is 16.5. The van der Waals surface area contributed by atoms with Gasteiger partial charge in [-0.2, -0.15) is 15.4 Å². The molecule has 1 aromatic carbocycles. The molecule has 3 N–H and O–H groups in total. The molecule has 6 rings (SSSR count). The Morgan fingerprint density at radius 1 is 0.947 bits per heavy atom. The SMILES string of the molecule is CC(C)C(=O)O[C@H]1[C@@H](OC(=O)C(C)C)[C@](C#N)(c2ccc3c(N)ncnn23)O[C@@H]1COP(=O)(N[C@@H](CC(=O)OC1CCC1)C(=O)OC1CCC1)Oc1ccccc1. The van der Waals surface area contributed by atoms with Crippen molar-refractivity contribution in [2.24, 2.45) is 11.8 Å². The Morgan fingerprint density at radius 2 is 1.60 bits per heavy atom. The van der Waals surface area contributed by atoms with Crippen molar-refractivity contribution in [2.75, 3.05) is 12.3 Å². The van der Waals surface area contributed by atoms with Crippen LogP contribution in [-0.2, 0) is 57.6 Å². The van der Waals surface area contributed by atoms with Gasteiger partial charge in [0.05, 0.1) is 30.6 Å². The summed E-state index contributed by atoms with van der Waals surface area (Å²) < 4.78 is 57.5. The van der Waals surface area contributed by atoms with Gasteiger partial charge < -0.3 is 33.9 Å². The summed E-state index contributed by atoms with van der Waals surface area (Å²) in [4.78, 5) is 57.1. The fraction of sp³-hybridized carbons (Fsp3) is 0.553. The summed E-state index contributed by atoms with van der Waals surface area (Å²) in [5.41, 5.74) is 4.23. The number of hydrogen-bond acceptors (Lipinski definition) is 16. The van der Waals surface area contributed by atoms with Gasteiger partial charge in [-0.15, -0.1) is 0 Å². The molecule has 1 aliphatic heterocycles. The highest BCUT2D eigenvalue weighted by molar-refractivity contribution is 7.52. The maximum atomic E-state index is 14.9. The number of nitrogens with two attached hydrogens (primary N) is 1. The molecule has 0 amide bonds. The lowest BCUT2D eigenvalue weighted by Crippen LogP contribution is -2.47. The first-order chi connectivity index (χ1) is 27.2. The van der Waals surface area contributed by atoms with Crippen molar-refractivity contribution < 1.29 is 56.5 Å². The second-order valence-electron chi connectivity index (χ2n) is 14.8. The Bertz CT molecular complexity index is 2030. The first kappa shape index (κ1) is 41.6. The largest absolute Gasteiger partial charge is 0.462 e. The van der Waals surface area contributed by atoms with E-state index in [-0.39, 0.29) is 29.5 Å². The highest BCUT2D eigenvalue weighted by Crippen LogP contribution is 2.49. The summed E-state index contributed by atoms with van der Waals surface area (Å²) in [5.74, 6) is -4.27. The van der Waals surface area contributed by atoms with Crippen molar-refractivity contribution in [3.05, 3.63) is 54.5 Å². The molecule has 0 bridgehead atoms. The van der Waals surface area contributed by atoms with Crippen molar-refractivity contribution in [1.82, 2.24) is 19.7 Å². The van der Waals surface area contributed by atoms with Gasteiger partial charge in [0.25, 0.3) is 0 Å². The number of esters is 4. The summed E-state index contributed by atoms with van der Waals surface area (Å²) in [6, 6.07) is 11.5. The molecule has 3 aromatic rings. The Hall–Kier alpha value is -5.08. The fourth-order valence-corrected chi connectivity index (χ4v) is 7.71. The summed E-state index contributed by atoms with van der Waals surface area (Å²) >= 11 is 0. The number of nitrogens with zero attached hydrogens (tertiary/aromatic N) is 4. The first-order valence-electron chi connectivity index (χ1n) is 19.0. The second kappa shape index (κ2) is 17.6. The van der Waals surface area contributed by atoms with E-state index in [0.29, 0.717) is 31.2 Å². The number of rotatable bonds is 17. The smallest absolute Gasteiger partial charge is 0.459 e. The van der Waals surface area contributed by atoms with Crippen molar-refractivity contribution in [1.29, 1.82) is 5.26 Å². The van der Waals surface area contributed by atoms with E-state index in [1.165, 1.54) is 28.8 Å². The highest BCUT2D eigenvalue weighted by atomic mass is 31.2. The van der Waals surface area contributed by atoms with E-state index in [1.807, 2.05) is 0 Å². The molecule has 3 fully saturated rings. The molecular weight excluding hydrogens is 763 g/mol. The molecule has 3 heterocycles. The van der Waals surface area contributed by atoms with Gasteiger partial charge in [-0.05, 0) is 62.8 Å². The van der Waals surface area contributed by atoms with Gasteiger partial charge in [0, 0.05) is 0 Å². The summed E-state index contributed by atoms with van der Waals surface area (Å²) in [7, 11) is -4.73. The molecule has 57 heavy (non-hydrogen) atoms. The third kappa shape index (κ3) is 9.39. The zero-order valence-corrected chi connectivity index (χ0v) is 33.0. The average Bonchev–Trinajstić information content (AvgIpc) is 3.71. The molecule has 2 saturated carbocycles. The number of nitrogen functional groups attached to an aromatic ring is 1. The number of hydrogen-bond donors (Lipinski definition) is 2. The number of nitriles is 1. The molecule has 1 saturated heterocycles. The van der Waals surface area contributed by atoms with Crippen LogP contribution in [0, 0.1) is 23.2 Å². The summed E-state index contributed by atoms with van der Waals surface area (Å²) in [6.07, 6.45) is -0.277. The lowest BCUT2D eigenvalue weighted by molar-refractivity contribution is -0.173. The number of aromatic nitrogens is 3. The molecule has 6 atom stereocenters. The lowest BCUT2D eigenvalue weighted by atomic mass is 9.92. The maximum Gasteiger partial charge on any atom is 0.459 e. The van der Waals surface area contributed by atoms with Crippen LogP contribution in [-0.4, -0.2) is 81.6 Å². The zero-order valence-electron chi connectivity index (χ0n) is 32.1. The minimum Gasteiger partial charge on any atom is -0.462 e. The highest BCUT2D eigenvalue weighted by Gasteiger charge is 2.63. The quantitative estimate of drug-likeness (QED) is 0.110. The van der Waals surface area contributed by atoms with Crippen molar-refractivity contribution in [3.8, 4) is 11.8 Å². The standard InChI is InChI=1S/C38H47N6O12P/c1-22(2)35(46)53-32-29(55-38(20-39,33(32)54-36(47)23(3)4)30-17-16-28-34(40)41-21-42-44(28)30)19-50-57(49,56-26-10-6-5-7-11-26)43-27(37(48)52-25-14-9-15-25)18-31(45)51-24-12-8-13-24/h5-7,10-11,16-17,21-25,27,29,32-33H,8-9,12-15,18-19H2,1-4H3,(H,43,49)(H2,40,41,42)/t27-,29+,32+,33+,38-,57?/m0/s1. The third-order valence-corrected chi connectivity index (χ3v) is 11.5. The Kier molecular flexibility index (Phi) is 12.8. The number of ether oxygens (including phenoxy) is 5. The molecule has 3 aliphatic rings. The zero-order chi connectivity index (χ0) is 40.9. The molecule has 19 heteroatoms. The molecule has 1 unspecified atom stereocenters. The summed E-state index contributed by atoms with van der Waals surface area (Å²) in [5, 5.41) is 17.8. The van der Waals surface area contributed by atoms with Gasteiger partial charge >= 0.3 is 31.6 Å². The predicted molar refractivity (Wildman–Crippen MR) is 199 cm³/mol. The molecule has 306 valence electrons. The maximum absolute atomic E-state index is 14.9. The van der Waals surface area contributed by atoms with E-state index in [1.54, 1.807) is 45.9 Å². The van der Waals surface area contributed by atoms with Gasteiger partial charge in [-0.25, -0.2) is 14.1 Å². The minimum absolute atomic E-state index is 0.0503. The molecule has 18 nitrogen and oxygen atoms in total. The van der Waals surface area contributed by atoms with Crippen LogP contribution in [0.4, 0.5) is 5.82 Å². The van der Waals surface area contributed by atoms with E-state index in [2.05, 4.69) is 21.2 Å². The van der Waals surface area contributed by atoms with Gasteiger partial charge in [0.15, 0.2) is 18.0 Å². The third-order valence-electron chi connectivity index (χ3n) is 9.90. The van der Waals surface area contributed by atoms with E-state index in [4.69, 9.17) is 38.5 Å². The number of benzene rings is 1. The van der Waals surface area contributed by atoms with Crippen molar-refractivity contribution in [2.45, 2.75) is 115 Å². The van der Waals surface area contributed by atoms with Crippen LogP contribution < -0.4 is 15.3 Å². The van der Waals surface area contributed by atoms with Gasteiger partial charge in [-0.1, -0.05) is 45.9 Å². The van der Waals surface area contributed by atoms with E-state index in [0.717, 1.165) is 19.2 Å². The Balaban J connectivity index is 1.37. The summed E-state index contributed by atoms with van der Waals surface area (Å²) in [6.45, 7) is 5.60. The van der Waals surface area contributed by atoms with Crippen LogP contribution in [0.25, 0.3) is 5.52 Å². The van der Waals surface area contributed by atoms with E-state index in [9.17, 15) is 29.0 Å². The lowest BCUT2D eigenvalue weighted by Gasteiger charge is -2.30. The van der Waals surface area contributed by atoms with Gasteiger partial charge in [0.2, 0.25) is 5.60 Å².